The zero-order chi connectivity index (χ0) is 15.9. The molecule has 0 aliphatic carbocycles. The fourth-order valence-electron chi connectivity index (χ4n) is 1.99. The van der Waals surface area contributed by atoms with E-state index in [1.54, 1.807) is 31.4 Å². The predicted octanol–water partition coefficient (Wildman–Crippen LogP) is 2.52. The molecule has 2 N–H and O–H groups in total. The molecule has 0 saturated carbocycles. The summed E-state index contributed by atoms with van der Waals surface area (Å²) in [6.45, 7) is 2.49. The highest BCUT2D eigenvalue weighted by atomic mass is 16.5. The molecular weight excluding hydrogens is 282 g/mol. The second-order valence-corrected chi connectivity index (χ2v) is 4.78. The van der Waals surface area contributed by atoms with Gasteiger partial charge in [0.2, 0.25) is 0 Å². The SMILES string of the molecule is COc1ccccc1OCCNC(=O)c1cc(C)ccc1O. The molecule has 0 bridgehead atoms. The van der Waals surface area contributed by atoms with Crippen LogP contribution in [-0.2, 0) is 0 Å². The molecule has 0 aliphatic heterocycles. The van der Waals surface area contributed by atoms with E-state index in [0.29, 0.717) is 24.7 Å². The number of aromatic hydroxyl groups is 1. The molecular formula is C17H19NO4. The number of phenolic OH excluding ortho intramolecular Hbond substituents is 1. The van der Waals surface area contributed by atoms with Gasteiger partial charge >= 0.3 is 0 Å². The average Bonchev–Trinajstić information content (AvgIpc) is 2.54. The van der Waals surface area contributed by atoms with Crippen molar-refractivity contribution in [3.8, 4) is 17.2 Å². The highest BCUT2D eigenvalue weighted by molar-refractivity contribution is 5.96. The van der Waals surface area contributed by atoms with Crippen LogP contribution in [0.2, 0.25) is 0 Å². The molecule has 0 unspecified atom stereocenters. The third-order valence-electron chi connectivity index (χ3n) is 3.11. The molecule has 5 heteroatoms. The van der Waals surface area contributed by atoms with Crippen LogP contribution in [0.25, 0.3) is 0 Å². The first-order chi connectivity index (χ1) is 10.6. The third-order valence-corrected chi connectivity index (χ3v) is 3.11. The lowest BCUT2D eigenvalue weighted by Gasteiger charge is -2.11. The summed E-state index contributed by atoms with van der Waals surface area (Å²) in [5.41, 5.74) is 1.17. The maximum atomic E-state index is 12.0. The summed E-state index contributed by atoms with van der Waals surface area (Å²) in [5.74, 6) is 0.904. The molecule has 22 heavy (non-hydrogen) atoms. The number of nitrogens with one attached hydrogen (secondary N) is 1. The lowest BCUT2D eigenvalue weighted by atomic mass is 10.1. The average molecular weight is 301 g/mol. The van der Waals surface area contributed by atoms with Crippen molar-refractivity contribution in [3.05, 3.63) is 53.6 Å². The molecule has 0 heterocycles. The van der Waals surface area contributed by atoms with Crippen LogP contribution in [0.5, 0.6) is 17.2 Å². The van der Waals surface area contributed by atoms with Gasteiger partial charge in [0.25, 0.3) is 5.91 Å². The van der Waals surface area contributed by atoms with E-state index in [1.807, 2.05) is 19.1 Å². The van der Waals surface area contributed by atoms with Crippen LogP contribution < -0.4 is 14.8 Å². The summed E-state index contributed by atoms with van der Waals surface area (Å²) >= 11 is 0. The van der Waals surface area contributed by atoms with Gasteiger partial charge in [-0.05, 0) is 31.2 Å². The van der Waals surface area contributed by atoms with Crippen LogP contribution in [0.15, 0.2) is 42.5 Å². The number of amides is 1. The number of aryl methyl sites for hydroxylation is 1. The minimum absolute atomic E-state index is 0.0336. The standard InChI is InChI=1S/C17H19NO4/c1-12-7-8-14(19)13(11-12)17(20)18-9-10-22-16-6-4-3-5-15(16)21-2/h3-8,11,19H,9-10H2,1-2H3,(H,18,20). The van der Waals surface area contributed by atoms with E-state index in [4.69, 9.17) is 9.47 Å². The molecule has 0 radical (unpaired) electrons. The predicted molar refractivity (Wildman–Crippen MR) is 83.7 cm³/mol. The van der Waals surface area contributed by atoms with E-state index in [-0.39, 0.29) is 17.2 Å². The van der Waals surface area contributed by atoms with Gasteiger partial charge in [0.05, 0.1) is 19.2 Å². The van der Waals surface area contributed by atoms with Gasteiger partial charge in [0, 0.05) is 0 Å². The van der Waals surface area contributed by atoms with Gasteiger partial charge in [-0.15, -0.1) is 0 Å². The van der Waals surface area contributed by atoms with Crippen LogP contribution in [0, 0.1) is 6.92 Å². The van der Waals surface area contributed by atoms with Gasteiger partial charge < -0.3 is 19.9 Å². The lowest BCUT2D eigenvalue weighted by molar-refractivity contribution is 0.0944. The Kier molecular flexibility index (Phi) is 5.25. The highest BCUT2D eigenvalue weighted by Crippen LogP contribution is 2.25. The molecule has 0 spiro atoms. The van der Waals surface area contributed by atoms with E-state index >= 15 is 0 Å². The van der Waals surface area contributed by atoms with E-state index in [9.17, 15) is 9.90 Å². The summed E-state index contributed by atoms with van der Waals surface area (Å²) in [6.07, 6.45) is 0. The zero-order valence-corrected chi connectivity index (χ0v) is 12.6. The molecule has 0 fully saturated rings. The number of ether oxygens (including phenoxy) is 2. The van der Waals surface area contributed by atoms with E-state index in [2.05, 4.69) is 5.32 Å². The largest absolute Gasteiger partial charge is 0.507 e. The summed E-state index contributed by atoms with van der Waals surface area (Å²) in [4.78, 5) is 12.0. The number of hydrogen-bond donors (Lipinski definition) is 2. The molecule has 2 rings (SSSR count). The van der Waals surface area contributed by atoms with Gasteiger partial charge in [-0.3, -0.25) is 4.79 Å². The van der Waals surface area contributed by atoms with Crippen LogP contribution in [-0.4, -0.2) is 31.3 Å². The molecule has 0 aromatic heterocycles. The number of benzene rings is 2. The van der Waals surface area contributed by atoms with Gasteiger partial charge in [0.1, 0.15) is 12.4 Å². The van der Waals surface area contributed by atoms with Crippen molar-refractivity contribution in [3.63, 3.8) is 0 Å². The first kappa shape index (κ1) is 15.7. The van der Waals surface area contributed by atoms with Crippen molar-refractivity contribution in [1.29, 1.82) is 0 Å². The number of phenols is 1. The first-order valence-electron chi connectivity index (χ1n) is 6.95. The van der Waals surface area contributed by atoms with Crippen molar-refractivity contribution in [1.82, 2.24) is 5.32 Å². The number of rotatable bonds is 6. The topological polar surface area (TPSA) is 67.8 Å². The second-order valence-electron chi connectivity index (χ2n) is 4.78. The molecule has 5 nitrogen and oxygen atoms in total. The smallest absolute Gasteiger partial charge is 0.255 e. The normalized spacial score (nSPS) is 10.1. The van der Waals surface area contributed by atoms with Gasteiger partial charge in [-0.25, -0.2) is 0 Å². The van der Waals surface area contributed by atoms with Gasteiger partial charge in [0.15, 0.2) is 11.5 Å². The van der Waals surface area contributed by atoms with Gasteiger partial charge in [-0.1, -0.05) is 23.8 Å². The third kappa shape index (κ3) is 3.91. The van der Waals surface area contributed by atoms with Gasteiger partial charge in [-0.2, -0.15) is 0 Å². The van der Waals surface area contributed by atoms with Crippen LogP contribution in [0.1, 0.15) is 15.9 Å². The molecule has 2 aromatic carbocycles. The maximum absolute atomic E-state index is 12.0. The number of hydrogen-bond acceptors (Lipinski definition) is 4. The van der Waals surface area contributed by atoms with Crippen LogP contribution in [0.3, 0.4) is 0 Å². The van der Waals surface area contributed by atoms with Crippen molar-refractivity contribution in [2.24, 2.45) is 0 Å². The Hall–Kier alpha value is -2.69. The summed E-state index contributed by atoms with van der Waals surface area (Å²) in [6, 6.07) is 12.2. The number of carbonyl (C=O) groups excluding carboxylic acids is 1. The fourth-order valence-corrected chi connectivity index (χ4v) is 1.99. The number of para-hydroxylation sites is 2. The Morgan fingerprint density at radius 3 is 2.64 bits per heavy atom. The quantitative estimate of drug-likeness (QED) is 0.805. The molecule has 116 valence electrons. The number of carbonyl (C=O) groups is 1. The van der Waals surface area contributed by atoms with Crippen LogP contribution in [0.4, 0.5) is 0 Å². The molecule has 0 aliphatic rings. The highest BCUT2D eigenvalue weighted by Gasteiger charge is 2.10. The Bertz CT molecular complexity index is 655. The van der Waals surface area contributed by atoms with E-state index in [1.165, 1.54) is 6.07 Å². The maximum Gasteiger partial charge on any atom is 0.255 e. The summed E-state index contributed by atoms with van der Waals surface area (Å²) in [5, 5.41) is 12.4. The molecule has 0 saturated heterocycles. The zero-order valence-electron chi connectivity index (χ0n) is 12.6. The van der Waals surface area contributed by atoms with E-state index < -0.39 is 0 Å². The second kappa shape index (κ2) is 7.36. The minimum Gasteiger partial charge on any atom is -0.507 e. The molecule has 0 atom stereocenters. The lowest BCUT2D eigenvalue weighted by Crippen LogP contribution is -2.28. The fraction of sp³-hybridized carbons (Fsp3) is 0.235. The Labute approximate surface area is 129 Å². The summed E-state index contributed by atoms with van der Waals surface area (Å²) < 4.78 is 10.7. The van der Waals surface area contributed by atoms with Crippen LogP contribution >= 0.6 is 0 Å². The Balaban J connectivity index is 1.86. The van der Waals surface area contributed by atoms with E-state index in [0.717, 1.165) is 5.56 Å². The number of methoxy groups -OCH3 is 1. The van der Waals surface area contributed by atoms with Crippen molar-refractivity contribution < 1.29 is 19.4 Å². The van der Waals surface area contributed by atoms with Crippen molar-refractivity contribution in [2.75, 3.05) is 20.3 Å². The Morgan fingerprint density at radius 2 is 1.91 bits per heavy atom. The summed E-state index contributed by atoms with van der Waals surface area (Å²) in [7, 11) is 1.57. The molecule has 2 aromatic rings. The monoisotopic (exact) mass is 301 g/mol. The first-order valence-corrected chi connectivity index (χ1v) is 6.95. The molecule has 1 amide bonds. The van der Waals surface area contributed by atoms with Crippen molar-refractivity contribution in [2.45, 2.75) is 6.92 Å². The van der Waals surface area contributed by atoms with Crippen molar-refractivity contribution >= 4 is 5.91 Å². The Morgan fingerprint density at radius 1 is 1.18 bits per heavy atom. The minimum atomic E-state index is -0.329.